The van der Waals surface area contributed by atoms with Gasteiger partial charge in [0.05, 0.1) is 24.3 Å². The minimum absolute atomic E-state index is 0.0592. The number of aromatic nitrogens is 7. The minimum Gasteiger partial charge on any atom is -0.384 e. The van der Waals surface area contributed by atoms with Gasteiger partial charge < -0.3 is 18.6 Å². The molecule has 0 radical (unpaired) electrons. The average Bonchev–Trinajstić information content (AvgIpc) is 3.61. The second-order valence-corrected chi connectivity index (χ2v) is 11.8. The highest BCUT2D eigenvalue weighted by atomic mass is 35.5. The van der Waals surface area contributed by atoms with Crippen LogP contribution in [-0.4, -0.2) is 54.5 Å². The van der Waals surface area contributed by atoms with Crippen LogP contribution in [0.3, 0.4) is 0 Å². The summed E-state index contributed by atoms with van der Waals surface area (Å²) in [6.45, 7) is 4.27. The number of pyridine rings is 1. The van der Waals surface area contributed by atoms with E-state index in [1.54, 1.807) is 30.6 Å². The Hall–Kier alpha value is -4.16. The highest BCUT2D eigenvalue weighted by Gasteiger charge is 2.33. The maximum atomic E-state index is 15.1. The van der Waals surface area contributed by atoms with Gasteiger partial charge in [-0.2, -0.15) is 4.98 Å². The zero-order chi connectivity index (χ0) is 29.5. The van der Waals surface area contributed by atoms with Gasteiger partial charge in [-0.3, -0.25) is 4.98 Å². The maximum absolute atomic E-state index is 15.1. The minimum atomic E-state index is -0.719. The van der Waals surface area contributed by atoms with E-state index in [-0.39, 0.29) is 17.5 Å². The molecule has 1 N–H and O–H groups in total. The lowest BCUT2D eigenvalue weighted by molar-refractivity contribution is 0.0917. The molecule has 7 rings (SSSR count). The number of rotatable bonds is 6. The number of H-pyrrole nitrogens is 1. The fourth-order valence-corrected chi connectivity index (χ4v) is 6.37. The molecule has 222 valence electrons. The quantitative estimate of drug-likeness (QED) is 0.270. The number of hydrogen-bond donors (Lipinski definition) is 1. The fraction of sp³-hybridized carbons (Fsp3) is 0.400. The first kappa shape index (κ1) is 27.7. The summed E-state index contributed by atoms with van der Waals surface area (Å²) < 4.78 is 28.4. The number of nitrogens with zero attached hydrogens (tertiary/aromatic N) is 7. The summed E-state index contributed by atoms with van der Waals surface area (Å²) in [7, 11) is 0. The Labute approximate surface area is 251 Å². The Balaban J connectivity index is 1.46. The van der Waals surface area contributed by atoms with E-state index >= 15 is 4.39 Å². The van der Waals surface area contributed by atoms with Crippen LogP contribution in [0.5, 0.6) is 0 Å². The molecule has 13 heteroatoms. The fourth-order valence-electron chi connectivity index (χ4n) is 6.20. The molecule has 0 unspecified atom stereocenters. The average molecular weight is 605 g/mol. The molecule has 0 spiro atoms. The number of fused-ring (bicyclic) bond motifs is 1. The van der Waals surface area contributed by atoms with Crippen molar-refractivity contribution in [1.29, 1.82) is 0 Å². The summed E-state index contributed by atoms with van der Waals surface area (Å²) >= 11 is 6.38. The second kappa shape index (κ2) is 11.5. The number of hydrogen-bond acceptors (Lipinski definition) is 9. The Morgan fingerprint density at radius 2 is 1.95 bits per heavy atom. The smallest absolute Gasteiger partial charge is 0.384 e. The number of benzene rings is 1. The van der Waals surface area contributed by atoms with E-state index in [4.69, 9.17) is 35.7 Å². The first-order valence-electron chi connectivity index (χ1n) is 14.5. The number of morpholine rings is 1. The van der Waals surface area contributed by atoms with Gasteiger partial charge in [-0.25, -0.2) is 24.3 Å². The molecule has 1 aliphatic carbocycles. The van der Waals surface area contributed by atoms with Crippen molar-refractivity contribution in [2.45, 2.75) is 45.2 Å². The molecular formula is C30H30ClFN8O3. The van der Waals surface area contributed by atoms with Crippen LogP contribution in [0.4, 0.5) is 10.3 Å². The highest BCUT2D eigenvalue weighted by molar-refractivity contribution is 6.30. The summed E-state index contributed by atoms with van der Waals surface area (Å²) in [6.07, 6.45) is 7.72. The maximum Gasteiger partial charge on any atom is 0.434 e. The predicted octanol–water partition coefficient (Wildman–Crippen LogP) is 5.43. The van der Waals surface area contributed by atoms with Gasteiger partial charge in [0.2, 0.25) is 11.8 Å². The van der Waals surface area contributed by atoms with Crippen LogP contribution in [0.15, 0.2) is 51.9 Å². The molecule has 5 heterocycles. The lowest BCUT2D eigenvalue weighted by Gasteiger charge is -2.37. The lowest BCUT2D eigenvalue weighted by Crippen LogP contribution is -2.41. The number of halogens is 2. The molecular weight excluding hydrogens is 575 g/mol. The van der Waals surface area contributed by atoms with E-state index in [1.807, 2.05) is 6.07 Å². The van der Waals surface area contributed by atoms with Gasteiger partial charge in [0.15, 0.2) is 5.65 Å². The molecule has 5 aromatic rings. The van der Waals surface area contributed by atoms with Crippen molar-refractivity contribution >= 4 is 28.7 Å². The van der Waals surface area contributed by atoms with Crippen molar-refractivity contribution < 1.29 is 13.5 Å². The van der Waals surface area contributed by atoms with Gasteiger partial charge in [0.25, 0.3) is 5.89 Å². The molecule has 11 nitrogen and oxygen atoms in total. The first-order valence-corrected chi connectivity index (χ1v) is 14.9. The second-order valence-electron chi connectivity index (χ2n) is 11.3. The molecule has 1 saturated heterocycles. The van der Waals surface area contributed by atoms with E-state index in [1.165, 1.54) is 6.07 Å². The third-order valence-corrected chi connectivity index (χ3v) is 8.62. The predicted molar refractivity (Wildman–Crippen MR) is 158 cm³/mol. The Kier molecular flexibility index (Phi) is 7.39. The van der Waals surface area contributed by atoms with E-state index in [0.29, 0.717) is 77.1 Å². The zero-order valence-corrected chi connectivity index (χ0v) is 24.3. The molecule has 43 heavy (non-hydrogen) atoms. The molecule has 0 bridgehead atoms. The van der Waals surface area contributed by atoms with E-state index < -0.39 is 11.8 Å². The SMILES string of the molecule is CC1CCC(Cn2c(N3CCOC[C@H]3c3ccccc3F)nc3nc(-c4n[nH]c(=O)o4)nc(-c4cncc(Cl)c4)c32)CC1. The number of anilines is 1. The van der Waals surface area contributed by atoms with E-state index in [2.05, 4.69) is 31.6 Å². The van der Waals surface area contributed by atoms with Crippen LogP contribution in [0.1, 0.15) is 44.2 Å². The van der Waals surface area contributed by atoms with E-state index in [9.17, 15) is 4.79 Å². The van der Waals surface area contributed by atoms with Gasteiger partial charge in [0, 0.05) is 36.6 Å². The van der Waals surface area contributed by atoms with Crippen molar-refractivity contribution in [2.24, 2.45) is 11.8 Å². The monoisotopic (exact) mass is 604 g/mol. The molecule has 1 aliphatic heterocycles. The van der Waals surface area contributed by atoms with Gasteiger partial charge >= 0.3 is 5.76 Å². The molecule has 0 amide bonds. The van der Waals surface area contributed by atoms with Crippen molar-refractivity contribution in [2.75, 3.05) is 24.7 Å². The summed E-state index contributed by atoms with van der Waals surface area (Å²) in [5, 5.41) is 6.66. The van der Waals surface area contributed by atoms with Gasteiger partial charge in [-0.1, -0.05) is 49.6 Å². The molecule has 4 aromatic heterocycles. The number of aromatic amines is 1. The Bertz CT molecular complexity index is 1830. The Morgan fingerprint density at radius 3 is 2.72 bits per heavy atom. The number of nitrogens with one attached hydrogen (secondary N) is 1. The Morgan fingerprint density at radius 1 is 1.12 bits per heavy atom. The zero-order valence-electron chi connectivity index (χ0n) is 23.5. The van der Waals surface area contributed by atoms with Gasteiger partial charge in [0.1, 0.15) is 17.0 Å². The van der Waals surface area contributed by atoms with Crippen LogP contribution < -0.4 is 10.7 Å². The largest absolute Gasteiger partial charge is 0.434 e. The summed E-state index contributed by atoms with van der Waals surface area (Å²) in [5.41, 5.74) is 2.80. The van der Waals surface area contributed by atoms with E-state index in [0.717, 1.165) is 25.7 Å². The third-order valence-electron chi connectivity index (χ3n) is 8.42. The standard InChI is InChI=1S/C30H30ClFN8O3/c1-17-6-8-18(9-7-17)15-40-25-24(19-12-20(31)14-33-13-19)34-27(28-37-38-30(41)43-28)35-26(25)36-29(40)39-10-11-42-16-23(39)21-4-2-3-5-22(21)32/h2-5,12-14,17-18,23H,6-11,15-16H2,1H3,(H,38,41)/t17?,18?,23-/m0/s1. The van der Waals surface area contributed by atoms with Crippen molar-refractivity contribution in [3.05, 3.63) is 69.7 Å². The number of imidazole rings is 1. The normalized spacial score (nSPS) is 21.0. The highest BCUT2D eigenvalue weighted by Crippen LogP contribution is 2.39. The summed E-state index contributed by atoms with van der Waals surface area (Å²) in [5.74, 6) is 0.775. The van der Waals surface area contributed by atoms with Crippen LogP contribution in [0, 0.1) is 17.7 Å². The van der Waals surface area contributed by atoms with Gasteiger partial charge in [-0.05, 0) is 36.8 Å². The van der Waals surface area contributed by atoms with Crippen LogP contribution in [0.2, 0.25) is 5.02 Å². The lowest BCUT2D eigenvalue weighted by atomic mass is 9.83. The summed E-state index contributed by atoms with van der Waals surface area (Å²) in [4.78, 5) is 32.8. The van der Waals surface area contributed by atoms with Crippen molar-refractivity contribution in [3.8, 4) is 23.0 Å². The van der Waals surface area contributed by atoms with Crippen molar-refractivity contribution in [1.82, 2.24) is 34.7 Å². The van der Waals surface area contributed by atoms with Gasteiger partial charge in [-0.15, -0.1) is 5.10 Å². The molecule has 2 fully saturated rings. The molecule has 2 aliphatic rings. The molecule has 1 saturated carbocycles. The van der Waals surface area contributed by atoms with Crippen molar-refractivity contribution in [3.63, 3.8) is 0 Å². The molecule has 1 aromatic carbocycles. The molecule has 1 atom stereocenters. The third kappa shape index (κ3) is 5.40. The topological polar surface area (TPSA) is 128 Å². The van der Waals surface area contributed by atoms with Crippen LogP contribution >= 0.6 is 11.6 Å². The first-order chi connectivity index (χ1) is 20.9. The van der Waals surface area contributed by atoms with Crippen LogP contribution in [-0.2, 0) is 11.3 Å². The van der Waals surface area contributed by atoms with Crippen LogP contribution in [0.25, 0.3) is 34.1 Å². The number of ether oxygens (including phenoxy) is 1. The summed E-state index contributed by atoms with van der Waals surface area (Å²) in [6, 6.07) is 8.15.